The van der Waals surface area contributed by atoms with Crippen LogP contribution >= 0.6 is 24.8 Å². The van der Waals surface area contributed by atoms with Gasteiger partial charge in [-0.1, -0.05) is 0 Å². The van der Waals surface area contributed by atoms with Crippen molar-refractivity contribution >= 4 is 30.7 Å². The summed E-state index contributed by atoms with van der Waals surface area (Å²) in [6.07, 6.45) is 4.40. The quantitative estimate of drug-likeness (QED) is 0.834. The number of nitrogens with zero attached hydrogens (tertiary/aromatic N) is 2. The van der Waals surface area contributed by atoms with Gasteiger partial charge in [0.2, 0.25) is 5.91 Å². The van der Waals surface area contributed by atoms with E-state index in [-0.39, 0.29) is 24.8 Å². The molecule has 0 spiro atoms. The second kappa shape index (κ2) is 7.30. The Labute approximate surface area is 134 Å². The number of hydrogen-bond acceptors (Lipinski definition) is 3. The largest absolute Gasteiger partial charge is 0.335 e. The van der Waals surface area contributed by atoms with Gasteiger partial charge in [0.05, 0.1) is 0 Å². The zero-order valence-corrected chi connectivity index (χ0v) is 14.0. The first-order chi connectivity index (χ1) is 8.66. The molecule has 3 aliphatic rings. The SMILES string of the molecule is CN(C)C[C@H]1[C@@H]2CNC[C@@H](C2)[C@@H]2CCCC(=O)N21.Cl.Cl. The summed E-state index contributed by atoms with van der Waals surface area (Å²) in [6, 6.07) is 0.946. The topological polar surface area (TPSA) is 35.6 Å². The maximum atomic E-state index is 12.3. The second-order valence-corrected chi connectivity index (χ2v) is 6.50. The molecule has 118 valence electrons. The number of likely N-dealkylation sites (N-methyl/N-ethyl adjacent to an activating group) is 1. The summed E-state index contributed by atoms with van der Waals surface area (Å²) in [5.41, 5.74) is 0. The lowest BCUT2D eigenvalue weighted by Crippen LogP contribution is -2.66. The van der Waals surface area contributed by atoms with Crippen LogP contribution in [0.15, 0.2) is 0 Å². The molecule has 4 nitrogen and oxygen atoms in total. The molecule has 3 saturated heterocycles. The zero-order chi connectivity index (χ0) is 12.7. The summed E-state index contributed by atoms with van der Waals surface area (Å²) in [6.45, 7) is 3.21. The lowest BCUT2D eigenvalue weighted by molar-refractivity contribution is -0.150. The van der Waals surface area contributed by atoms with Crippen molar-refractivity contribution in [2.24, 2.45) is 11.8 Å². The van der Waals surface area contributed by atoms with E-state index in [0.29, 0.717) is 29.8 Å². The lowest BCUT2D eigenvalue weighted by atomic mass is 9.72. The molecule has 0 aromatic carbocycles. The van der Waals surface area contributed by atoms with Crippen molar-refractivity contribution in [3.8, 4) is 0 Å². The van der Waals surface area contributed by atoms with Crippen LogP contribution in [0.5, 0.6) is 0 Å². The van der Waals surface area contributed by atoms with Gasteiger partial charge in [0.15, 0.2) is 0 Å². The Balaban J connectivity index is 0.000001000. The van der Waals surface area contributed by atoms with Gasteiger partial charge in [-0.15, -0.1) is 24.8 Å². The van der Waals surface area contributed by atoms with Crippen LogP contribution in [0.1, 0.15) is 25.7 Å². The van der Waals surface area contributed by atoms with E-state index in [2.05, 4.69) is 29.2 Å². The number of hydrogen-bond donors (Lipinski definition) is 1. The Hall–Kier alpha value is -0.0300. The number of amides is 1. The fourth-order valence-corrected chi connectivity index (χ4v) is 4.24. The van der Waals surface area contributed by atoms with Crippen molar-refractivity contribution in [3.05, 3.63) is 0 Å². The molecule has 3 rings (SSSR count). The van der Waals surface area contributed by atoms with Gasteiger partial charge in [0.1, 0.15) is 0 Å². The van der Waals surface area contributed by atoms with Gasteiger partial charge < -0.3 is 15.1 Å². The fraction of sp³-hybridized carbons (Fsp3) is 0.929. The van der Waals surface area contributed by atoms with E-state index < -0.39 is 0 Å². The predicted octanol–water partition coefficient (Wildman–Crippen LogP) is 1.38. The normalized spacial score (nSPS) is 36.0. The summed E-state index contributed by atoms with van der Waals surface area (Å²) in [5.74, 6) is 1.77. The number of carbonyl (C=O) groups excluding carboxylic acids is 1. The third kappa shape index (κ3) is 3.24. The third-order valence-electron chi connectivity index (χ3n) is 4.95. The van der Waals surface area contributed by atoms with Crippen LogP contribution in [0.2, 0.25) is 0 Å². The number of nitrogens with one attached hydrogen (secondary N) is 1. The van der Waals surface area contributed by atoms with Gasteiger partial charge in [-0.3, -0.25) is 4.79 Å². The molecule has 1 amide bonds. The predicted molar refractivity (Wildman–Crippen MR) is 85.8 cm³/mol. The van der Waals surface area contributed by atoms with Gasteiger partial charge in [0, 0.05) is 25.0 Å². The van der Waals surface area contributed by atoms with Crippen LogP contribution in [0.4, 0.5) is 0 Å². The number of fused-ring (bicyclic) bond motifs is 4. The molecule has 3 fully saturated rings. The van der Waals surface area contributed by atoms with Crippen LogP contribution in [0, 0.1) is 11.8 Å². The van der Waals surface area contributed by atoms with Crippen LogP contribution in [0.25, 0.3) is 0 Å². The molecule has 0 radical (unpaired) electrons. The lowest BCUT2D eigenvalue weighted by Gasteiger charge is -2.55. The number of rotatable bonds is 2. The maximum absolute atomic E-state index is 12.3. The third-order valence-corrected chi connectivity index (χ3v) is 4.95. The highest BCUT2D eigenvalue weighted by atomic mass is 35.5. The molecular formula is C14H27Cl2N3O. The molecule has 0 aromatic heterocycles. The van der Waals surface area contributed by atoms with Gasteiger partial charge in [-0.2, -0.15) is 0 Å². The Morgan fingerprint density at radius 1 is 1.25 bits per heavy atom. The average Bonchev–Trinajstić information content (AvgIpc) is 2.35. The minimum Gasteiger partial charge on any atom is -0.335 e. The first kappa shape index (κ1) is 18.0. The smallest absolute Gasteiger partial charge is 0.223 e. The van der Waals surface area contributed by atoms with E-state index in [1.807, 2.05) is 0 Å². The zero-order valence-electron chi connectivity index (χ0n) is 12.4. The van der Waals surface area contributed by atoms with Crippen LogP contribution < -0.4 is 5.32 Å². The van der Waals surface area contributed by atoms with Crippen molar-refractivity contribution < 1.29 is 4.79 Å². The molecule has 3 aliphatic heterocycles. The first-order valence-electron chi connectivity index (χ1n) is 7.33. The van der Waals surface area contributed by atoms with Crippen LogP contribution in [-0.4, -0.2) is 61.5 Å². The molecule has 1 N–H and O–H groups in total. The summed E-state index contributed by atoms with van der Waals surface area (Å²) in [4.78, 5) is 16.9. The number of halogens is 2. The van der Waals surface area contributed by atoms with Crippen LogP contribution in [-0.2, 0) is 4.79 Å². The molecule has 2 bridgehead atoms. The van der Waals surface area contributed by atoms with E-state index >= 15 is 0 Å². The van der Waals surface area contributed by atoms with Crippen molar-refractivity contribution in [1.29, 1.82) is 0 Å². The summed E-state index contributed by atoms with van der Waals surface area (Å²) < 4.78 is 0. The molecule has 20 heavy (non-hydrogen) atoms. The van der Waals surface area contributed by atoms with Crippen molar-refractivity contribution in [3.63, 3.8) is 0 Å². The molecule has 0 aromatic rings. The highest BCUT2D eigenvalue weighted by Crippen LogP contribution is 2.39. The van der Waals surface area contributed by atoms with Crippen molar-refractivity contribution in [2.45, 2.75) is 37.8 Å². The summed E-state index contributed by atoms with van der Waals surface area (Å²) >= 11 is 0. The van der Waals surface area contributed by atoms with E-state index in [0.717, 1.165) is 32.5 Å². The second-order valence-electron chi connectivity index (χ2n) is 6.50. The van der Waals surface area contributed by atoms with Crippen molar-refractivity contribution in [1.82, 2.24) is 15.1 Å². The standard InChI is InChI=1S/C14H25N3O.2ClH/c1-16(2)9-13-11-6-10(7-15-8-11)12-4-3-5-14(18)17(12)13;;/h10-13,15H,3-9H2,1-2H3;2*1H/t10-,11+,12+,13+;;/m1../s1. The molecule has 4 atom stereocenters. The van der Waals surface area contributed by atoms with Gasteiger partial charge >= 0.3 is 0 Å². The number of piperidine rings is 3. The highest BCUT2D eigenvalue weighted by Gasteiger charge is 2.47. The monoisotopic (exact) mass is 323 g/mol. The van der Waals surface area contributed by atoms with E-state index in [1.54, 1.807) is 0 Å². The molecular weight excluding hydrogens is 297 g/mol. The average molecular weight is 324 g/mol. The molecule has 0 unspecified atom stereocenters. The highest BCUT2D eigenvalue weighted by molar-refractivity contribution is 5.85. The molecule has 6 heteroatoms. The van der Waals surface area contributed by atoms with Gasteiger partial charge in [-0.25, -0.2) is 0 Å². The minimum atomic E-state index is 0. The van der Waals surface area contributed by atoms with E-state index in [9.17, 15) is 4.79 Å². The van der Waals surface area contributed by atoms with E-state index in [4.69, 9.17) is 0 Å². The van der Waals surface area contributed by atoms with Crippen molar-refractivity contribution in [2.75, 3.05) is 33.7 Å². The van der Waals surface area contributed by atoms with Crippen LogP contribution in [0.3, 0.4) is 0 Å². The first-order valence-corrected chi connectivity index (χ1v) is 7.33. The Bertz CT molecular complexity index is 340. The maximum Gasteiger partial charge on any atom is 0.223 e. The number of carbonyl (C=O) groups is 1. The van der Waals surface area contributed by atoms with Gasteiger partial charge in [-0.05, 0) is 58.3 Å². The van der Waals surface area contributed by atoms with Gasteiger partial charge in [0.25, 0.3) is 0 Å². The Morgan fingerprint density at radius 3 is 2.65 bits per heavy atom. The Morgan fingerprint density at radius 2 is 1.95 bits per heavy atom. The van der Waals surface area contributed by atoms with E-state index in [1.165, 1.54) is 12.8 Å². The molecule has 0 saturated carbocycles. The fourth-order valence-electron chi connectivity index (χ4n) is 4.24. The molecule has 0 aliphatic carbocycles. The molecule has 3 heterocycles. The summed E-state index contributed by atoms with van der Waals surface area (Å²) in [5, 5.41) is 3.58. The minimum absolute atomic E-state index is 0. The summed E-state index contributed by atoms with van der Waals surface area (Å²) in [7, 11) is 4.23. The Kier molecular flexibility index (Phi) is 6.58.